The van der Waals surface area contributed by atoms with Crippen LogP contribution in [-0.4, -0.2) is 23.7 Å². The Balaban J connectivity index is 2.39. The minimum absolute atomic E-state index is 0.0521. The van der Waals surface area contributed by atoms with E-state index in [9.17, 15) is 22.4 Å². The van der Waals surface area contributed by atoms with E-state index in [1.54, 1.807) is 6.92 Å². The minimum atomic E-state index is -4.68. The van der Waals surface area contributed by atoms with E-state index < -0.39 is 35.8 Å². The van der Waals surface area contributed by atoms with Gasteiger partial charge in [0.1, 0.15) is 11.9 Å². The number of hydrogen-bond acceptors (Lipinski definition) is 3. The number of hydrogen-bond donors (Lipinski definition) is 1. The number of nitrogens with one attached hydrogen (secondary N) is 1. The Morgan fingerprint density at radius 1 is 1.41 bits per heavy atom. The van der Waals surface area contributed by atoms with Crippen LogP contribution in [0.25, 0.3) is 0 Å². The monoisotopic (exact) mass is 318 g/mol. The molecule has 0 aromatic heterocycles. The Kier molecular flexibility index (Phi) is 4.41. The van der Waals surface area contributed by atoms with E-state index in [4.69, 9.17) is 4.74 Å². The van der Waals surface area contributed by atoms with Gasteiger partial charge in [-0.15, -0.1) is 6.58 Å². The highest BCUT2D eigenvalue weighted by molar-refractivity contribution is 5.68. The van der Waals surface area contributed by atoms with Crippen molar-refractivity contribution in [1.82, 2.24) is 10.4 Å². The second kappa shape index (κ2) is 5.96. The van der Waals surface area contributed by atoms with Crippen LogP contribution in [0.3, 0.4) is 0 Å². The lowest BCUT2D eigenvalue weighted by Crippen LogP contribution is -2.55. The quantitative estimate of drug-likeness (QED) is 0.686. The van der Waals surface area contributed by atoms with Crippen LogP contribution in [0.5, 0.6) is 0 Å². The number of alkyl halides is 3. The van der Waals surface area contributed by atoms with Crippen molar-refractivity contribution >= 4 is 6.09 Å². The summed E-state index contributed by atoms with van der Waals surface area (Å²) in [6, 6.07) is 1.62. The summed E-state index contributed by atoms with van der Waals surface area (Å²) in [4.78, 5) is 11.5. The fraction of sp³-hybridized carbons (Fsp3) is 0.357. The summed E-state index contributed by atoms with van der Waals surface area (Å²) in [5, 5.41) is 1.46. The molecule has 1 aromatic rings. The predicted molar refractivity (Wildman–Crippen MR) is 70.1 cm³/mol. The van der Waals surface area contributed by atoms with Crippen molar-refractivity contribution in [1.29, 1.82) is 0 Å². The molecule has 0 radical (unpaired) electrons. The Morgan fingerprint density at radius 3 is 2.68 bits per heavy atom. The molecule has 120 valence electrons. The van der Waals surface area contributed by atoms with E-state index in [1.165, 1.54) is 11.1 Å². The topological polar surface area (TPSA) is 41.6 Å². The highest BCUT2D eigenvalue weighted by Crippen LogP contribution is 2.34. The van der Waals surface area contributed by atoms with Crippen LogP contribution in [0, 0.1) is 5.82 Å². The molecule has 0 bridgehead atoms. The average molecular weight is 318 g/mol. The lowest BCUT2D eigenvalue weighted by Gasteiger charge is -2.38. The van der Waals surface area contributed by atoms with E-state index in [2.05, 4.69) is 12.0 Å². The van der Waals surface area contributed by atoms with E-state index in [-0.39, 0.29) is 12.1 Å². The van der Waals surface area contributed by atoms with Gasteiger partial charge in [0, 0.05) is 6.54 Å². The second-order valence-electron chi connectivity index (χ2n) is 4.89. The summed E-state index contributed by atoms with van der Waals surface area (Å²) in [6.07, 6.45) is -5.00. The fourth-order valence-electron chi connectivity index (χ4n) is 2.26. The maximum atomic E-state index is 13.5. The molecule has 0 aliphatic carbocycles. The van der Waals surface area contributed by atoms with Crippen LogP contribution in [-0.2, 0) is 10.9 Å². The normalized spacial score (nSPS) is 22.9. The van der Waals surface area contributed by atoms with Gasteiger partial charge in [-0.1, -0.05) is 6.08 Å². The standard InChI is InChI=1S/C14H14F4N2O2/c1-3-4-20-8(2)12(22-13(21)19-20)9-5-10(14(16,17)18)7-11(15)6-9/h3,5-8,12H,1,4H2,2H3,(H,19,21)/t8-,12-/m0/s1. The van der Waals surface area contributed by atoms with E-state index in [0.29, 0.717) is 6.07 Å². The highest BCUT2D eigenvalue weighted by atomic mass is 19.4. The molecule has 2 atom stereocenters. The Morgan fingerprint density at radius 2 is 2.09 bits per heavy atom. The van der Waals surface area contributed by atoms with Crippen molar-refractivity contribution in [3.05, 3.63) is 47.8 Å². The first-order chi connectivity index (χ1) is 10.2. The number of ether oxygens (including phenoxy) is 1. The van der Waals surface area contributed by atoms with Gasteiger partial charge in [0.25, 0.3) is 0 Å². The molecule has 1 aliphatic rings. The SMILES string of the molecule is C=CCN1NC(=O)O[C@H](c2cc(F)cc(C(F)(F)F)c2)[C@@H]1C. The lowest BCUT2D eigenvalue weighted by atomic mass is 9.99. The van der Waals surface area contributed by atoms with Gasteiger partial charge >= 0.3 is 12.3 Å². The van der Waals surface area contributed by atoms with Crippen molar-refractivity contribution in [3.63, 3.8) is 0 Å². The third kappa shape index (κ3) is 3.38. The molecule has 1 fully saturated rings. The highest BCUT2D eigenvalue weighted by Gasteiger charge is 2.37. The van der Waals surface area contributed by atoms with Gasteiger partial charge in [0.15, 0.2) is 0 Å². The van der Waals surface area contributed by atoms with Crippen molar-refractivity contribution in [2.75, 3.05) is 6.54 Å². The van der Waals surface area contributed by atoms with Crippen LogP contribution in [0.1, 0.15) is 24.2 Å². The molecule has 0 spiro atoms. The molecular weight excluding hydrogens is 304 g/mol. The number of rotatable bonds is 3. The second-order valence-corrected chi connectivity index (χ2v) is 4.89. The number of halogens is 4. The minimum Gasteiger partial charge on any atom is -0.439 e. The summed E-state index contributed by atoms with van der Waals surface area (Å²) in [6.45, 7) is 5.45. The van der Waals surface area contributed by atoms with Gasteiger partial charge in [-0.2, -0.15) is 13.2 Å². The zero-order valence-electron chi connectivity index (χ0n) is 11.7. The first-order valence-electron chi connectivity index (χ1n) is 6.45. The summed E-state index contributed by atoms with van der Waals surface area (Å²) >= 11 is 0. The molecule has 0 unspecified atom stereocenters. The smallest absolute Gasteiger partial charge is 0.422 e. The molecule has 22 heavy (non-hydrogen) atoms. The number of carbonyl (C=O) groups excluding carboxylic acids is 1. The molecule has 1 heterocycles. The number of benzene rings is 1. The molecular formula is C14H14F4N2O2. The van der Waals surface area contributed by atoms with Gasteiger partial charge < -0.3 is 4.74 Å². The number of carbonyl (C=O) groups is 1. The lowest BCUT2D eigenvalue weighted by molar-refractivity contribution is -0.137. The third-order valence-electron chi connectivity index (χ3n) is 3.30. The van der Waals surface area contributed by atoms with Gasteiger partial charge in [-0.3, -0.25) is 5.43 Å². The Bertz CT molecular complexity index is 589. The number of cyclic esters (lactones) is 1. The van der Waals surface area contributed by atoms with Crippen molar-refractivity contribution in [3.8, 4) is 0 Å². The maximum Gasteiger partial charge on any atom is 0.422 e. The molecule has 8 heteroatoms. The molecule has 1 amide bonds. The van der Waals surface area contributed by atoms with Crippen LogP contribution >= 0.6 is 0 Å². The van der Waals surface area contributed by atoms with Gasteiger partial charge in [-0.05, 0) is 30.7 Å². The molecule has 4 nitrogen and oxygen atoms in total. The van der Waals surface area contributed by atoms with Gasteiger partial charge in [0.05, 0.1) is 11.6 Å². The third-order valence-corrected chi connectivity index (χ3v) is 3.30. The van der Waals surface area contributed by atoms with Crippen LogP contribution in [0.2, 0.25) is 0 Å². The zero-order chi connectivity index (χ0) is 16.5. The average Bonchev–Trinajstić information content (AvgIpc) is 2.41. The summed E-state index contributed by atoms with van der Waals surface area (Å²) in [7, 11) is 0. The molecule has 0 saturated carbocycles. The van der Waals surface area contributed by atoms with Gasteiger partial charge in [0.2, 0.25) is 0 Å². The van der Waals surface area contributed by atoms with Crippen molar-refractivity contribution < 1.29 is 27.1 Å². The first kappa shape index (κ1) is 16.3. The van der Waals surface area contributed by atoms with Crippen LogP contribution in [0.15, 0.2) is 30.9 Å². The fourth-order valence-corrected chi connectivity index (χ4v) is 2.26. The van der Waals surface area contributed by atoms with E-state index in [0.717, 1.165) is 12.1 Å². The van der Waals surface area contributed by atoms with Crippen molar-refractivity contribution in [2.45, 2.75) is 25.2 Å². The van der Waals surface area contributed by atoms with Crippen molar-refractivity contribution in [2.24, 2.45) is 0 Å². The van der Waals surface area contributed by atoms with Gasteiger partial charge in [-0.25, -0.2) is 14.2 Å². The zero-order valence-corrected chi connectivity index (χ0v) is 11.7. The molecule has 1 N–H and O–H groups in total. The number of nitrogens with zero attached hydrogens (tertiary/aromatic N) is 1. The maximum absolute atomic E-state index is 13.5. The molecule has 1 aliphatic heterocycles. The summed E-state index contributed by atoms with van der Waals surface area (Å²) in [5.41, 5.74) is 1.23. The number of amides is 1. The Hall–Kier alpha value is -2.09. The van der Waals surface area contributed by atoms with Crippen LogP contribution in [0.4, 0.5) is 22.4 Å². The molecule has 1 aromatic carbocycles. The predicted octanol–water partition coefficient (Wildman–Crippen LogP) is 3.42. The molecule has 2 rings (SSSR count). The van der Waals surface area contributed by atoms with Crippen LogP contribution < -0.4 is 5.43 Å². The molecule has 1 saturated heterocycles. The van der Waals surface area contributed by atoms with E-state index in [1.807, 2.05) is 0 Å². The Labute approximate surface area is 124 Å². The van der Waals surface area contributed by atoms with E-state index >= 15 is 0 Å². The number of hydrazine groups is 1. The summed E-state index contributed by atoms with van der Waals surface area (Å²) < 4.78 is 56.8. The largest absolute Gasteiger partial charge is 0.439 e. The first-order valence-corrected chi connectivity index (χ1v) is 6.45. The summed E-state index contributed by atoms with van der Waals surface area (Å²) in [5.74, 6) is -1.04.